The van der Waals surface area contributed by atoms with E-state index in [1.807, 2.05) is 79.2 Å². The number of rotatable bonds is 7. The fourth-order valence-corrected chi connectivity index (χ4v) is 2.70. The Labute approximate surface area is 153 Å². The molecule has 0 radical (unpaired) electrons. The van der Waals surface area contributed by atoms with E-state index in [9.17, 15) is 4.79 Å². The van der Waals surface area contributed by atoms with E-state index in [-0.39, 0.29) is 12.3 Å². The third-order valence-corrected chi connectivity index (χ3v) is 3.93. The van der Waals surface area contributed by atoms with Gasteiger partial charge in [0.15, 0.2) is 0 Å². The molecule has 0 bridgehead atoms. The second-order valence-electron chi connectivity index (χ2n) is 6.28. The van der Waals surface area contributed by atoms with Crippen molar-refractivity contribution in [3.05, 3.63) is 77.5 Å². The van der Waals surface area contributed by atoms with Crippen molar-refractivity contribution >= 4 is 11.7 Å². The van der Waals surface area contributed by atoms with E-state index in [2.05, 4.69) is 10.4 Å². The first-order chi connectivity index (χ1) is 12.6. The van der Waals surface area contributed by atoms with Crippen molar-refractivity contribution in [3.8, 4) is 5.75 Å². The van der Waals surface area contributed by atoms with Crippen LogP contribution < -0.4 is 10.1 Å². The number of hydrogen-bond acceptors (Lipinski definition) is 3. The van der Waals surface area contributed by atoms with Crippen LogP contribution in [-0.2, 0) is 11.3 Å². The van der Waals surface area contributed by atoms with Gasteiger partial charge < -0.3 is 10.1 Å². The predicted molar refractivity (Wildman–Crippen MR) is 102 cm³/mol. The molecule has 1 heterocycles. The molecule has 0 saturated carbocycles. The molecule has 5 nitrogen and oxygen atoms in total. The highest BCUT2D eigenvalue weighted by molar-refractivity contribution is 5.90. The van der Waals surface area contributed by atoms with Crippen LogP contribution in [-0.4, -0.2) is 22.3 Å². The van der Waals surface area contributed by atoms with Gasteiger partial charge in [-0.3, -0.25) is 4.79 Å². The number of amides is 1. The van der Waals surface area contributed by atoms with Gasteiger partial charge in [0.05, 0.1) is 25.3 Å². The van der Waals surface area contributed by atoms with Crippen molar-refractivity contribution in [2.45, 2.75) is 26.8 Å². The highest BCUT2D eigenvalue weighted by Crippen LogP contribution is 2.15. The van der Waals surface area contributed by atoms with Gasteiger partial charge in [-0.25, -0.2) is 4.68 Å². The minimum Gasteiger partial charge on any atom is -0.493 e. The first-order valence-corrected chi connectivity index (χ1v) is 8.68. The molecule has 5 heteroatoms. The van der Waals surface area contributed by atoms with Gasteiger partial charge in [-0.2, -0.15) is 5.10 Å². The van der Waals surface area contributed by atoms with Crippen molar-refractivity contribution in [3.63, 3.8) is 0 Å². The van der Waals surface area contributed by atoms with Crippen molar-refractivity contribution in [1.29, 1.82) is 0 Å². The summed E-state index contributed by atoms with van der Waals surface area (Å²) in [4.78, 5) is 12.3. The summed E-state index contributed by atoms with van der Waals surface area (Å²) in [5.74, 6) is 1.39. The summed E-state index contributed by atoms with van der Waals surface area (Å²) in [6, 6.07) is 19.7. The number of hydrogen-bond donors (Lipinski definition) is 1. The van der Waals surface area contributed by atoms with Gasteiger partial charge in [-0.15, -0.1) is 0 Å². The molecule has 134 valence electrons. The summed E-state index contributed by atoms with van der Waals surface area (Å²) in [5.41, 5.74) is 3.13. The Morgan fingerprint density at radius 1 is 1.08 bits per heavy atom. The summed E-state index contributed by atoms with van der Waals surface area (Å²) in [6.07, 6.45) is 0.281. The topological polar surface area (TPSA) is 56.1 Å². The van der Waals surface area contributed by atoms with Crippen LogP contribution >= 0.6 is 0 Å². The summed E-state index contributed by atoms with van der Waals surface area (Å²) in [5, 5.41) is 7.40. The van der Waals surface area contributed by atoms with E-state index >= 15 is 0 Å². The standard InChI is InChI=1S/C21H23N3O2/c1-16-7-6-10-19(13-16)26-12-11-21(25)22-20-14-17(2)23-24(20)15-18-8-4-3-5-9-18/h3-10,13-14H,11-12,15H2,1-2H3,(H,22,25). The maximum atomic E-state index is 12.3. The molecule has 3 aromatic rings. The molecular formula is C21H23N3O2. The van der Waals surface area contributed by atoms with E-state index in [4.69, 9.17) is 4.74 Å². The second-order valence-corrected chi connectivity index (χ2v) is 6.28. The largest absolute Gasteiger partial charge is 0.493 e. The molecular weight excluding hydrogens is 326 g/mol. The van der Waals surface area contributed by atoms with Crippen molar-refractivity contribution < 1.29 is 9.53 Å². The molecule has 0 aliphatic rings. The van der Waals surface area contributed by atoms with Crippen LogP contribution in [0.1, 0.15) is 23.2 Å². The Bertz CT molecular complexity index is 872. The lowest BCUT2D eigenvalue weighted by Gasteiger charge is -2.10. The summed E-state index contributed by atoms with van der Waals surface area (Å²) >= 11 is 0. The summed E-state index contributed by atoms with van der Waals surface area (Å²) in [6.45, 7) is 4.87. The monoisotopic (exact) mass is 349 g/mol. The average molecular weight is 349 g/mol. The first kappa shape index (κ1) is 17.7. The van der Waals surface area contributed by atoms with Gasteiger partial charge >= 0.3 is 0 Å². The van der Waals surface area contributed by atoms with Gasteiger partial charge in [0.2, 0.25) is 5.91 Å². The molecule has 0 fully saturated rings. The quantitative estimate of drug-likeness (QED) is 0.702. The van der Waals surface area contributed by atoms with Gasteiger partial charge in [0, 0.05) is 6.07 Å². The second kappa shape index (κ2) is 8.34. The van der Waals surface area contributed by atoms with Gasteiger partial charge in [-0.05, 0) is 37.1 Å². The highest BCUT2D eigenvalue weighted by atomic mass is 16.5. The molecule has 0 unspecified atom stereocenters. The predicted octanol–water partition coefficient (Wildman–Crippen LogP) is 3.96. The number of nitrogens with one attached hydrogen (secondary N) is 1. The Hall–Kier alpha value is -3.08. The Morgan fingerprint density at radius 2 is 1.88 bits per heavy atom. The van der Waals surface area contributed by atoms with E-state index in [1.54, 1.807) is 0 Å². The summed E-state index contributed by atoms with van der Waals surface area (Å²) in [7, 11) is 0. The molecule has 3 rings (SSSR count). The van der Waals surface area contributed by atoms with Crippen molar-refractivity contribution in [2.24, 2.45) is 0 Å². The third-order valence-electron chi connectivity index (χ3n) is 3.93. The molecule has 1 amide bonds. The van der Waals surface area contributed by atoms with Crippen LogP contribution in [0.15, 0.2) is 60.7 Å². The summed E-state index contributed by atoms with van der Waals surface area (Å²) < 4.78 is 7.45. The SMILES string of the molecule is Cc1cccc(OCCC(=O)Nc2cc(C)nn2Cc2ccccc2)c1. The lowest BCUT2D eigenvalue weighted by atomic mass is 10.2. The fourth-order valence-electron chi connectivity index (χ4n) is 2.70. The van der Waals surface area contributed by atoms with Gasteiger partial charge in [-0.1, -0.05) is 42.5 Å². The highest BCUT2D eigenvalue weighted by Gasteiger charge is 2.10. The average Bonchev–Trinajstić information content (AvgIpc) is 2.95. The molecule has 26 heavy (non-hydrogen) atoms. The van der Waals surface area contributed by atoms with Crippen LogP contribution in [0.25, 0.3) is 0 Å². The normalized spacial score (nSPS) is 10.5. The molecule has 0 spiro atoms. The van der Waals surface area contributed by atoms with Gasteiger partial charge in [0.25, 0.3) is 0 Å². The molecule has 0 atom stereocenters. The number of carbonyl (C=O) groups is 1. The minimum absolute atomic E-state index is 0.0909. The molecule has 0 aliphatic heterocycles. The maximum Gasteiger partial charge on any atom is 0.228 e. The lowest BCUT2D eigenvalue weighted by molar-refractivity contribution is -0.116. The van der Waals surface area contributed by atoms with E-state index < -0.39 is 0 Å². The molecule has 0 aliphatic carbocycles. The van der Waals surface area contributed by atoms with Crippen LogP contribution in [0.3, 0.4) is 0 Å². The number of anilines is 1. The van der Waals surface area contributed by atoms with Crippen molar-refractivity contribution in [1.82, 2.24) is 9.78 Å². The Morgan fingerprint density at radius 3 is 2.65 bits per heavy atom. The minimum atomic E-state index is -0.0909. The zero-order valence-corrected chi connectivity index (χ0v) is 15.1. The van der Waals surface area contributed by atoms with Crippen LogP contribution in [0.2, 0.25) is 0 Å². The van der Waals surface area contributed by atoms with Crippen LogP contribution in [0, 0.1) is 13.8 Å². The smallest absolute Gasteiger partial charge is 0.228 e. The molecule has 1 N–H and O–H groups in total. The number of aryl methyl sites for hydroxylation is 2. The number of carbonyl (C=O) groups excluding carboxylic acids is 1. The van der Waals surface area contributed by atoms with Crippen LogP contribution in [0.4, 0.5) is 5.82 Å². The number of aromatic nitrogens is 2. The number of nitrogens with zero attached hydrogens (tertiary/aromatic N) is 2. The first-order valence-electron chi connectivity index (χ1n) is 8.68. The zero-order chi connectivity index (χ0) is 18.4. The fraction of sp³-hybridized carbons (Fsp3) is 0.238. The zero-order valence-electron chi connectivity index (χ0n) is 15.1. The van der Waals surface area contributed by atoms with E-state index in [0.29, 0.717) is 19.0 Å². The lowest BCUT2D eigenvalue weighted by Crippen LogP contribution is -2.18. The van der Waals surface area contributed by atoms with E-state index in [1.165, 1.54) is 0 Å². The molecule has 0 saturated heterocycles. The number of benzene rings is 2. The molecule has 2 aromatic carbocycles. The van der Waals surface area contributed by atoms with E-state index in [0.717, 1.165) is 22.6 Å². The van der Waals surface area contributed by atoms with Crippen LogP contribution in [0.5, 0.6) is 5.75 Å². The molecule has 1 aromatic heterocycles. The number of ether oxygens (including phenoxy) is 1. The van der Waals surface area contributed by atoms with Gasteiger partial charge in [0.1, 0.15) is 11.6 Å². The van der Waals surface area contributed by atoms with Crippen molar-refractivity contribution in [2.75, 3.05) is 11.9 Å². The Balaban J connectivity index is 1.55. The maximum absolute atomic E-state index is 12.3. The third kappa shape index (κ3) is 4.96. The Kier molecular flexibility index (Phi) is 5.69.